The van der Waals surface area contributed by atoms with Gasteiger partial charge in [0.15, 0.2) is 0 Å². The molecule has 0 aromatic carbocycles. The van der Waals surface area contributed by atoms with Gasteiger partial charge in [-0.05, 0) is 33.1 Å². The zero-order valence-electron chi connectivity index (χ0n) is 6.61. The maximum Gasteiger partial charge on any atom is 0.0631 e. The first-order valence-corrected chi connectivity index (χ1v) is 3.82. The smallest absolute Gasteiger partial charge is 0.0631 e. The summed E-state index contributed by atoms with van der Waals surface area (Å²) in [5.41, 5.74) is 0.167. The molecule has 0 aromatic heterocycles. The van der Waals surface area contributed by atoms with E-state index in [1.807, 2.05) is 0 Å². The Kier molecular flexibility index (Phi) is 1.80. The van der Waals surface area contributed by atoms with Crippen molar-refractivity contribution in [1.82, 2.24) is 0 Å². The predicted octanol–water partition coefficient (Wildman–Crippen LogP) is 2.35. The molecule has 1 heterocycles. The molecule has 9 heavy (non-hydrogen) atoms. The van der Waals surface area contributed by atoms with E-state index in [1.165, 1.54) is 19.3 Å². The number of rotatable bonds is 1. The topological polar surface area (TPSA) is 9.23 Å². The van der Waals surface area contributed by atoms with Crippen LogP contribution < -0.4 is 0 Å². The van der Waals surface area contributed by atoms with Crippen molar-refractivity contribution >= 4 is 0 Å². The molecular formula is C8H16O. The Morgan fingerprint density at radius 3 is 2.44 bits per heavy atom. The molecule has 54 valence electrons. The zero-order chi connectivity index (χ0) is 6.91. The Morgan fingerprint density at radius 2 is 2.22 bits per heavy atom. The Balaban J connectivity index is 2.38. The van der Waals surface area contributed by atoms with Crippen LogP contribution in [-0.2, 0) is 4.74 Å². The third-order valence-electron chi connectivity index (χ3n) is 2.01. The van der Waals surface area contributed by atoms with E-state index in [9.17, 15) is 0 Å². The molecule has 1 aliphatic heterocycles. The van der Waals surface area contributed by atoms with E-state index in [4.69, 9.17) is 4.74 Å². The predicted molar refractivity (Wildman–Crippen MR) is 38.5 cm³/mol. The highest BCUT2D eigenvalue weighted by Crippen LogP contribution is 2.30. The molecule has 1 unspecified atom stereocenters. The standard InChI is InChI=1S/C8H16O/c1-4-7-5-6-8(2,3)9-7/h7H,4-6H2,1-3H3. The third-order valence-corrected chi connectivity index (χ3v) is 2.01. The SMILES string of the molecule is CCC1CCC(C)(C)O1. The summed E-state index contributed by atoms with van der Waals surface area (Å²) >= 11 is 0. The van der Waals surface area contributed by atoms with Crippen LogP contribution >= 0.6 is 0 Å². The summed E-state index contributed by atoms with van der Waals surface area (Å²) in [6.45, 7) is 6.53. The van der Waals surface area contributed by atoms with E-state index in [1.54, 1.807) is 0 Å². The van der Waals surface area contributed by atoms with Crippen molar-refractivity contribution in [3.63, 3.8) is 0 Å². The summed E-state index contributed by atoms with van der Waals surface area (Å²) in [5, 5.41) is 0. The molecule has 0 spiro atoms. The van der Waals surface area contributed by atoms with Crippen molar-refractivity contribution in [1.29, 1.82) is 0 Å². The fourth-order valence-electron chi connectivity index (χ4n) is 1.37. The van der Waals surface area contributed by atoms with Gasteiger partial charge in [-0.25, -0.2) is 0 Å². The molecule has 0 bridgehead atoms. The summed E-state index contributed by atoms with van der Waals surface area (Å²) in [4.78, 5) is 0. The molecule has 1 aliphatic rings. The van der Waals surface area contributed by atoms with Crippen molar-refractivity contribution < 1.29 is 4.74 Å². The highest BCUT2D eigenvalue weighted by Gasteiger charge is 2.29. The number of hydrogen-bond acceptors (Lipinski definition) is 1. The van der Waals surface area contributed by atoms with E-state index in [2.05, 4.69) is 20.8 Å². The van der Waals surface area contributed by atoms with E-state index in [0.717, 1.165) is 0 Å². The summed E-state index contributed by atoms with van der Waals surface area (Å²) in [6.07, 6.45) is 4.19. The lowest BCUT2D eigenvalue weighted by molar-refractivity contribution is -0.0162. The Labute approximate surface area is 57.4 Å². The molecule has 1 saturated heterocycles. The van der Waals surface area contributed by atoms with Gasteiger partial charge in [-0.2, -0.15) is 0 Å². The minimum Gasteiger partial charge on any atom is -0.372 e. The Hall–Kier alpha value is -0.0400. The highest BCUT2D eigenvalue weighted by atomic mass is 16.5. The monoisotopic (exact) mass is 128 g/mol. The molecule has 1 rings (SSSR count). The second-order valence-electron chi connectivity index (χ2n) is 3.45. The fraction of sp³-hybridized carbons (Fsp3) is 1.00. The maximum absolute atomic E-state index is 5.70. The van der Waals surface area contributed by atoms with Gasteiger partial charge in [0.1, 0.15) is 0 Å². The van der Waals surface area contributed by atoms with Crippen LogP contribution in [0.15, 0.2) is 0 Å². The van der Waals surface area contributed by atoms with Gasteiger partial charge in [-0.1, -0.05) is 6.92 Å². The van der Waals surface area contributed by atoms with E-state index < -0.39 is 0 Å². The lowest BCUT2D eigenvalue weighted by Crippen LogP contribution is -2.19. The van der Waals surface area contributed by atoms with Gasteiger partial charge in [0.25, 0.3) is 0 Å². The molecule has 0 N–H and O–H groups in total. The van der Waals surface area contributed by atoms with Crippen LogP contribution in [0.4, 0.5) is 0 Å². The molecule has 1 heteroatoms. The minimum atomic E-state index is 0.167. The minimum absolute atomic E-state index is 0.167. The van der Waals surface area contributed by atoms with Crippen molar-refractivity contribution in [2.45, 2.75) is 51.7 Å². The third kappa shape index (κ3) is 1.68. The second-order valence-corrected chi connectivity index (χ2v) is 3.45. The molecule has 1 atom stereocenters. The van der Waals surface area contributed by atoms with Crippen molar-refractivity contribution in [2.24, 2.45) is 0 Å². The zero-order valence-corrected chi connectivity index (χ0v) is 6.61. The summed E-state index contributed by atoms with van der Waals surface area (Å²) in [5.74, 6) is 0. The second kappa shape index (κ2) is 2.30. The van der Waals surface area contributed by atoms with E-state index in [0.29, 0.717) is 6.10 Å². The van der Waals surface area contributed by atoms with Gasteiger partial charge < -0.3 is 4.74 Å². The molecule has 1 nitrogen and oxygen atoms in total. The first kappa shape index (κ1) is 7.07. The van der Waals surface area contributed by atoms with Gasteiger partial charge in [-0.15, -0.1) is 0 Å². The van der Waals surface area contributed by atoms with E-state index in [-0.39, 0.29) is 5.60 Å². The lowest BCUT2D eigenvalue weighted by Gasteiger charge is -2.18. The Bertz CT molecular complexity index is 96.7. The highest BCUT2D eigenvalue weighted by molar-refractivity contribution is 4.79. The van der Waals surface area contributed by atoms with Crippen molar-refractivity contribution in [2.75, 3.05) is 0 Å². The van der Waals surface area contributed by atoms with Gasteiger partial charge in [0, 0.05) is 0 Å². The van der Waals surface area contributed by atoms with Crippen LogP contribution in [-0.4, -0.2) is 11.7 Å². The fourth-order valence-corrected chi connectivity index (χ4v) is 1.37. The molecule has 0 amide bonds. The van der Waals surface area contributed by atoms with Crippen LogP contribution in [0.3, 0.4) is 0 Å². The van der Waals surface area contributed by atoms with Gasteiger partial charge in [0.2, 0.25) is 0 Å². The van der Waals surface area contributed by atoms with Crippen molar-refractivity contribution in [3.8, 4) is 0 Å². The first-order valence-electron chi connectivity index (χ1n) is 3.82. The quantitative estimate of drug-likeness (QED) is 0.526. The molecular weight excluding hydrogens is 112 g/mol. The average molecular weight is 128 g/mol. The summed E-state index contributed by atoms with van der Waals surface area (Å²) < 4.78 is 5.70. The molecule has 0 aromatic rings. The first-order chi connectivity index (χ1) is 4.14. The average Bonchev–Trinajstić information content (AvgIpc) is 2.10. The van der Waals surface area contributed by atoms with Crippen LogP contribution in [0.5, 0.6) is 0 Å². The van der Waals surface area contributed by atoms with Crippen LogP contribution in [0.1, 0.15) is 40.0 Å². The van der Waals surface area contributed by atoms with E-state index >= 15 is 0 Å². The van der Waals surface area contributed by atoms with Gasteiger partial charge >= 0.3 is 0 Å². The van der Waals surface area contributed by atoms with Crippen LogP contribution in [0.2, 0.25) is 0 Å². The molecule has 0 radical (unpaired) electrons. The van der Waals surface area contributed by atoms with Gasteiger partial charge in [0.05, 0.1) is 11.7 Å². The summed E-state index contributed by atoms with van der Waals surface area (Å²) in [6, 6.07) is 0. The lowest BCUT2D eigenvalue weighted by atomic mass is 10.1. The normalized spacial score (nSPS) is 33.0. The van der Waals surface area contributed by atoms with Crippen molar-refractivity contribution in [3.05, 3.63) is 0 Å². The maximum atomic E-state index is 5.70. The number of ether oxygens (including phenoxy) is 1. The number of hydrogen-bond donors (Lipinski definition) is 0. The summed E-state index contributed by atoms with van der Waals surface area (Å²) in [7, 11) is 0. The Morgan fingerprint density at radius 1 is 1.56 bits per heavy atom. The largest absolute Gasteiger partial charge is 0.372 e. The molecule has 1 fully saturated rings. The van der Waals surface area contributed by atoms with Gasteiger partial charge in [-0.3, -0.25) is 0 Å². The van der Waals surface area contributed by atoms with Crippen LogP contribution in [0, 0.1) is 0 Å². The van der Waals surface area contributed by atoms with Crippen LogP contribution in [0.25, 0.3) is 0 Å². The molecule has 0 saturated carbocycles. The molecule has 0 aliphatic carbocycles.